The van der Waals surface area contributed by atoms with Crippen molar-refractivity contribution >= 4 is 29.3 Å². The largest absolute Gasteiger partial charge is 0.469 e. The number of alkyl halides is 2. The SMILES string of the molecule is C[C@H](OC(=O)CCc1ccco1)C(=O)Nc1ccc(SC(F)F)cc1. The summed E-state index contributed by atoms with van der Waals surface area (Å²) in [6, 6.07) is 9.45. The van der Waals surface area contributed by atoms with Crippen LogP contribution in [0.5, 0.6) is 0 Å². The van der Waals surface area contributed by atoms with Gasteiger partial charge in [0.05, 0.1) is 12.7 Å². The third-order valence-corrected chi connectivity index (χ3v) is 3.90. The van der Waals surface area contributed by atoms with E-state index in [2.05, 4.69) is 5.32 Å². The van der Waals surface area contributed by atoms with Crippen LogP contribution in [0.1, 0.15) is 19.1 Å². The second-order valence-corrected chi connectivity index (χ2v) is 6.17. The van der Waals surface area contributed by atoms with E-state index in [4.69, 9.17) is 9.15 Å². The number of ether oxygens (including phenoxy) is 1. The van der Waals surface area contributed by atoms with Gasteiger partial charge in [0, 0.05) is 17.0 Å². The molecule has 1 heterocycles. The molecule has 0 saturated carbocycles. The van der Waals surface area contributed by atoms with Gasteiger partial charge in [0.15, 0.2) is 6.10 Å². The van der Waals surface area contributed by atoms with E-state index in [9.17, 15) is 18.4 Å². The fraction of sp³-hybridized carbons (Fsp3) is 0.294. The second kappa shape index (κ2) is 9.22. The summed E-state index contributed by atoms with van der Waals surface area (Å²) in [6.07, 6.45) is 1.04. The number of amides is 1. The number of carbonyl (C=O) groups excluding carboxylic acids is 2. The lowest BCUT2D eigenvalue weighted by Gasteiger charge is -2.13. The molecular formula is C17H17F2NO4S. The van der Waals surface area contributed by atoms with Crippen LogP contribution in [0.3, 0.4) is 0 Å². The quantitative estimate of drug-likeness (QED) is 0.560. The van der Waals surface area contributed by atoms with Gasteiger partial charge in [-0.25, -0.2) is 0 Å². The molecule has 0 bridgehead atoms. The summed E-state index contributed by atoms with van der Waals surface area (Å²) in [5.41, 5.74) is 0.433. The summed E-state index contributed by atoms with van der Waals surface area (Å²) >= 11 is 0.422. The first-order chi connectivity index (χ1) is 11.9. The van der Waals surface area contributed by atoms with Crippen molar-refractivity contribution in [3.05, 3.63) is 48.4 Å². The number of nitrogens with one attached hydrogen (secondary N) is 1. The standard InChI is InChI=1S/C17H17F2NO4S/c1-11(24-15(21)9-6-13-3-2-10-23-13)16(22)20-12-4-7-14(8-5-12)25-17(18)19/h2-5,7-8,10-11,17H,6,9H2,1H3,(H,20,22)/t11-/m0/s1. The molecule has 0 fully saturated rings. The van der Waals surface area contributed by atoms with Crippen LogP contribution in [0.25, 0.3) is 0 Å². The molecule has 1 amide bonds. The number of aryl methyl sites for hydroxylation is 1. The Labute approximate surface area is 147 Å². The Morgan fingerprint density at radius 3 is 2.56 bits per heavy atom. The van der Waals surface area contributed by atoms with Gasteiger partial charge >= 0.3 is 5.97 Å². The van der Waals surface area contributed by atoms with Crippen LogP contribution >= 0.6 is 11.8 Å². The van der Waals surface area contributed by atoms with Gasteiger partial charge < -0.3 is 14.5 Å². The van der Waals surface area contributed by atoms with Crippen LogP contribution in [0.4, 0.5) is 14.5 Å². The molecule has 1 aromatic carbocycles. The molecule has 0 spiro atoms. The molecule has 0 saturated heterocycles. The van der Waals surface area contributed by atoms with Gasteiger partial charge in [0.25, 0.3) is 11.7 Å². The lowest BCUT2D eigenvalue weighted by atomic mass is 10.2. The molecule has 2 aromatic rings. The van der Waals surface area contributed by atoms with Gasteiger partial charge in [-0.2, -0.15) is 8.78 Å². The number of thioether (sulfide) groups is 1. The molecule has 1 aromatic heterocycles. The Kier molecular flexibility index (Phi) is 7.00. The predicted octanol–water partition coefficient (Wildman–Crippen LogP) is 4.10. The molecule has 1 N–H and O–H groups in total. The van der Waals surface area contributed by atoms with Gasteiger partial charge in [-0.05, 0) is 43.3 Å². The molecule has 134 valence electrons. The van der Waals surface area contributed by atoms with E-state index >= 15 is 0 Å². The zero-order valence-corrected chi connectivity index (χ0v) is 14.2. The average Bonchev–Trinajstić information content (AvgIpc) is 3.07. The van der Waals surface area contributed by atoms with Crippen LogP contribution < -0.4 is 5.32 Å². The number of hydrogen-bond donors (Lipinski definition) is 1. The summed E-state index contributed by atoms with van der Waals surface area (Å²) in [5.74, 6) is -2.85. The number of halogens is 2. The first kappa shape index (κ1) is 19.0. The highest BCUT2D eigenvalue weighted by Crippen LogP contribution is 2.26. The van der Waals surface area contributed by atoms with Crippen molar-refractivity contribution in [2.24, 2.45) is 0 Å². The fourth-order valence-corrected chi connectivity index (χ4v) is 2.45. The number of benzene rings is 1. The number of anilines is 1. The molecule has 0 aliphatic heterocycles. The highest BCUT2D eigenvalue weighted by atomic mass is 32.2. The molecule has 8 heteroatoms. The molecule has 0 radical (unpaired) electrons. The van der Waals surface area contributed by atoms with Crippen LogP contribution in [-0.2, 0) is 20.7 Å². The molecule has 1 atom stereocenters. The van der Waals surface area contributed by atoms with Crippen molar-refractivity contribution in [2.45, 2.75) is 36.5 Å². The van der Waals surface area contributed by atoms with Crippen LogP contribution in [0, 0.1) is 0 Å². The number of furan rings is 1. The number of carbonyl (C=O) groups is 2. The molecule has 0 aliphatic carbocycles. The van der Waals surface area contributed by atoms with Crippen LogP contribution in [0.15, 0.2) is 52.0 Å². The Hall–Kier alpha value is -2.35. The van der Waals surface area contributed by atoms with E-state index in [1.54, 1.807) is 12.1 Å². The maximum absolute atomic E-state index is 12.3. The van der Waals surface area contributed by atoms with Crippen molar-refractivity contribution in [2.75, 3.05) is 5.32 Å². The predicted molar refractivity (Wildman–Crippen MR) is 89.5 cm³/mol. The summed E-state index contributed by atoms with van der Waals surface area (Å²) < 4.78 is 34.7. The lowest BCUT2D eigenvalue weighted by Crippen LogP contribution is -2.30. The fourth-order valence-electron chi connectivity index (χ4n) is 1.95. The van der Waals surface area contributed by atoms with Crippen LogP contribution in [-0.4, -0.2) is 23.7 Å². The summed E-state index contributed by atoms with van der Waals surface area (Å²) in [6.45, 7) is 1.46. The van der Waals surface area contributed by atoms with Crippen molar-refractivity contribution in [1.29, 1.82) is 0 Å². The van der Waals surface area contributed by atoms with E-state index in [0.717, 1.165) is 0 Å². The van der Waals surface area contributed by atoms with E-state index in [-0.39, 0.29) is 6.42 Å². The lowest BCUT2D eigenvalue weighted by molar-refractivity contribution is -0.153. The first-order valence-electron chi connectivity index (χ1n) is 7.51. The maximum Gasteiger partial charge on any atom is 0.307 e. The molecule has 5 nitrogen and oxygen atoms in total. The van der Waals surface area contributed by atoms with Crippen molar-refractivity contribution in [1.82, 2.24) is 0 Å². The van der Waals surface area contributed by atoms with Crippen molar-refractivity contribution < 1.29 is 27.5 Å². The third-order valence-electron chi connectivity index (χ3n) is 3.18. The maximum atomic E-state index is 12.3. The topological polar surface area (TPSA) is 68.5 Å². The molecule has 0 unspecified atom stereocenters. The number of rotatable bonds is 8. The average molecular weight is 369 g/mol. The van der Waals surface area contributed by atoms with Crippen LogP contribution in [0.2, 0.25) is 0 Å². The Bertz CT molecular complexity index is 689. The third kappa shape index (κ3) is 6.58. The summed E-state index contributed by atoms with van der Waals surface area (Å²) in [4.78, 5) is 24.1. The normalized spacial score (nSPS) is 12.0. The van der Waals surface area contributed by atoms with Crippen molar-refractivity contribution in [3.63, 3.8) is 0 Å². The first-order valence-corrected chi connectivity index (χ1v) is 8.39. The zero-order chi connectivity index (χ0) is 18.2. The summed E-state index contributed by atoms with van der Waals surface area (Å²) in [7, 11) is 0. The Morgan fingerprint density at radius 1 is 1.24 bits per heavy atom. The van der Waals surface area contributed by atoms with E-state index in [1.807, 2.05) is 0 Å². The Balaban J connectivity index is 1.78. The molecule has 0 aliphatic rings. The summed E-state index contributed by atoms with van der Waals surface area (Å²) in [5, 5.41) is 2.57. The van der Waals surface area contributed by atoms with Gasteiger partial charge in [0.2, 0.25) is 0 Å². The van der Waals surface area contributed by atoms with Gasteiger partial charge in [-0.1, -0.05) is 11.8 Å². The van der Waals surface area contributed by atoms with Gasteiger partial charge in [-0.3, -0.25) is 9.59 Å². The van der Waals surface area contributed by atoms with Crippen molar-refractivity contribution in [3.8, 4) is 0 Å². The molecule has 2 rings (SSSR count). The zero-order valence-electron chi connectivity index (χ0n) is 13.4. The number of hydrogen-bond acceptors (Lipinski definition) is 5. The highest BCUT2D eigenvalue weighted by Gasteiger charge is 2.18. The minimum absolute atomic E-state index is 0.102. The highest BCUT2D eigenvalue weighted by molar-refractivity contribution is 7.99. The molecular weight excluding hydrogens is 352 g/mol. The second-order valence-electron chi connectivity index (χ2n) is 5.10. The van der Waals surface area contributed by atoms with E-state index in [0.29, 0.717) is 34.5 Å². The smallest absolute Gasteiger partial charge is 0.307 e. The van der Waals surface area contributed by atoms with Gasteiger partial charge in [-0.15, -0.1) is 0 Å². The van der Waals surface area contributed by atoms with Gasteiger partial charge in [0.1, 0.15) is 5.76 Å². The molecule has 25 heavy (non-hydrogen) atoms. The minimum atomic E-state index is -2.50. The number of esters is 1. The van der Waals surface area contributed by atoms with E-state index < -0.39 is 23.7 Å². The Morgan fingerprint density at radius 2 is 1.96 bits per heavy atom. The van der Waals surface area contributed by atoms with E-state index in [1.165, 1.54) is 37.5 Å². The monoisotopic (exact) mass is 369 g/mol. The minimum Gasteiger partial charge on any atom is -0.469 e.